The van der Waals surface area contributed by atoms with Gasteiger partial charge in [0.05, 0.1) is 21.9 Å². The summed E-state index contributed by atoms with van der Waals surface area (Å²) < 4.78 is 5.55. The van der Waals surface area contributed by atoms with Gasteiger partial charge in [0.1, 0.15) is 0 Å². The predicted molar refractivity (Wildman–Crippen MR) is 83.0 cm³/mol. The molecule has 0 radical (unpaired) electrons. The first-order valence-corrected chi connectivity index (χ1v) is 7.43. The molecule has 0 unspecified atom stereocenters. The van der Waals surface area contributed by atoms with Crippen molar-refractivity contribution < 1.29 is 9.53 Å². The first-order chi connectivity index (χ1) is 9.39. The first-order valence-electron chi connectivity index (χ1n) is 6.61. The molecular weight excluding hydrogens is 272 g/mol. The molecule has 0 bridgehead atoms. The number of carbonyl (C=O) groups excluding carboxylic acids is 1. The summed E-state index contributed by atoms with van der Waals surface area (Å²) in [6.07, 6.45) is 0. The summed E-state index contributed by atoms with van der Waals surface area (Å²) in [7, 11) is 0. The summed E-state index contributed by atoms with van der Waals surface area (Å²) in [5.74, 6) is 5.70. The molecule has 0 aliphatic carbocycles. The standard InChI is InChI=1S/C15H22N2O2S/c1-5-19-15(3,4)10-17-14(18)13-9-11(2)12(20-13)7-6-8-16/h9H,5,8,10,16H2,1-4H3,(H,17,18). The quantitative estimate of drug-likeness (QED) is 0.815. The highest BCUT2D eigenvalue weighted by Gasteiger charge is 2.20. The van der Waals surface area contributed by atoms with Crippen LogP contribution in [0.4, 0.5) is 0 Å². The van der Waals surface area contributed by atoms with E-state index in [9.17, 15) is 4.79 Å². The third kappa shape index (κ3) is 4.97. The van der Waals surface area contributed by atoms with Gasteiger partial charge in [0.15, 0.2) is 0 Å². The van der Waals surface area contributed by atoms with Crippen molar-refractivity contribution in [1.82, 2.24) is 5.32 Å². The second kappa shape index (κ2) is 7.44. The van der Waals surface area contributed by atoms with Crippen LogP contribution in [0.1, 0.15) is 40.9 Å². The Hall–Kier alpha value is -1.35. The lowest BCUT2D eigenvalue weighted by Gasteiger charge is -2.24. The van der Waals surface area contributed by atoms with Crippen molar-refractivity contribution in [2.24, 2.45) is 5.73 Å². The molecule has 1 heterocycles. The summed E-state index contributed by atoms with van der Waals surface area (Å²) in [6.45, 7) is 9.21. The van der Waals surface area contributed by atoms with Crippen molar-refractivity contribution in [3.05, 3.63) is 21.4 Å². The monoisotopic (exact) mass is 294 g/mol. The number of amides is 1. The summed E-state index contributed by atoms with van der Waals surface area (Å²) in [4.78, 5) is 13.7. The van der Waals surface area contributed by atoms with Crippen LogP contribution in [0.3, 0.4) is 0 Å². The van der Waals surface area contributed by atoms with Crippen LogP contribution in [0, 0.1) is 18.8 Å². The normalized spacial score (nSPS) is 10.8. The van der Waals surface area contributed by atoms with Gasteiger partial charge in [0.25, 0.3) is 5.91 Å². The molecule has 3 N–H and O–H groups in total. The number of nitrogens with one attached hydrogen (secondary N) is 1. The fraction of sp³-hybridized carbons (Fsp3) is 0.533. The largest absolute Gasteiger partial charge is 0.374 e. The first kappa shape index (κ1) is 16.7. The average molecular weight is 294 g/mol. The molecule has 1 rings (SSSR count). The topological polar surface area (TPSA) is 64.3 Å². The van der Waals surface area contributed by atoms with Gasteiger partial charge in [-0.3, -0.25) is 4.79 Å². The molecule has 0 spiro atoms. The van der Waals surface area contributed by atoms with Crippen molar-refractivity contribution >= 4 is 17.2 Å². The number of ether oxygens (including phenoxy) is 1. The number of rotatable bonds is 5. The zero-order valence-electron chi connectivity index (χ0n) is 12.5. The molecule has 20 heavy (non-hydrogen) atoms. The maximum Gasteiger partial charge on any atom is 0.261 e. The van der Waals surface area contributed by atoms with Crippen molar-refractivity contribution in [3.63, 3.8) is 0 Å². The third-order valence-electron chi connectivity index (χ3n) is 2.66. The second-order valence-electron chi connectivity index (χ2n) is 5.00. The Kier molecular flexibility index (Phi) is 6.21. The van der Waals surface area contributed by atoms with E-state index >= 15 is 0 Å². The van der Waals surface area contributed by atoms with E-state index in [-0.39, 0.29) is 11.5 Å². The van der Waals surface area contributed by atoms with Gasteiger partial charge in [0.2, 0.25) is 0 Å². The fourth-order valence-electron chi connectivity index (χ4n) is 1.67. The van der Waals surface area contributed by atoms with E-state index < -0.39 is 0 Å². The molecule has 110 valence electrons. The van der Waals surface area contributed by atoms with Crippen molar-refractivity contribution in [3.8, 4) is 11.8 Å². The minimum absolute atomic E-state index is 0.0910. The average Bonchev–Trinajstić information content (AvgIpc) is 2.75. The Balaban J connectivity index is 2.69. The minimum atomic E-state index is -0.362. The van der Waals surface area contributed by atoms with E-state index in [1.54, 1.807) is 0 Å². The van der Waals surface area contributed by atoms with Crippen molar-refractivity contribution in [2.45, 2.75) is 33.3 Å². The van der Waals surface area contributed by atoms with Crippen molar-refractivity contribution in [2.75, 3.05) is 19.7 Å². The summed E-state index contributed by atoms with van der Waals surface area (Å²) in [5.41, 5.74) is 6.00. The van der Waals surface area contributed by atoms with E-state index in [0.717, 1.165) is 10.4 Å². The van der Waals surface area contributed by atoms with Gasteiger partial charge in [0, 0.05) is 13.2 Å². The molecule has 0 aromatic carbocycles. The number of aryl methyl sites for hydroxylation is 1. The summed E-state index contributed by atoms with van der Waals surface area (Å²) in [5, 5.41) is 2.89. The lowest BCUT2D eigenvalue weighted by molar-refractivity contribution is -0.00812. The number of hydrogen-bond acceptors (Lipinski definition) is 4. The van der Waals surface area contributed by atoms with Gasteiger partial charge in [-0.1, -0.05) is 11.8 Å². The number of thiophene rings is 1. The molecule has 0 fully saturated rings. The van der Waals surface area contributed by atoms with E-state index in [4.69, 9.17) is 10.5 Å². The summed E-state index contributed by atoms with van der Waals surface area (Å²) in [6, 6.07) is 1.86. The Labute approximate surface area is 124 Å². The van der Waals surface area contributed by atoms with Crippen LogP contribution in [0.15, 0.2) is 6.07 Å². The fourth-order valence-corrected chi connectivity index (χ4v) is 2.64. The maximum atomic E-state index is 12.1. The van der Waals surface area contributed by atoms with Crippen LogP contribution in [-0.4, -0.2) is 31.2 Å². The van der Waals surface area contributed by atoms with E-state index in [1.165, 1.54) is 11.3 Å². The van der Waals surface area contributed by atoms with Crippen LogP contribution in [0.25, 0.3) is 0 Å². The minimum Gasteiger partial charge on any atom is -0.374 e. The van der Waals surface area contributed by atoms with E-state index in [0.29, 0.717) is 24.6 Å². The van der Waals surface area contributed by atoms with Gasteiger partial charge in [-0.05, 0) is 39.3 Å². The van der Waals surface area contributed by atoms with Gasteiger partial charge < -0.3 is 15.8 Å². The highest BCUT2D eigenvalue weighted by molar-refractivity contribution is 7.14. The van der Waals surface area contributed by atoms with Crippen LogP contribution >= 0.6 is 11.3 Å². The van der Waals surface area contributed by atoms with E-state index in [1.807, 2.05) is 33.8 Å². The molecule has 0 saturated carbocycles. The molecule has 1 aromatic rings. The van der Waals surface area contributed by atoms with Crippen LogP contribution < -0.4 is 11.1 Å². The van der Waals surface area contributed by atoms with Gasteiger partial charge >= 0.3 is 0 Å². The number of carbonyl (C=O) groups is 1. The highest BCUT2D eigenvalue weighted by atomic mass is 32.1. The van der Waals surface area contributed by atoms with Crippen molar-refractivity contribution in [1.29, 1.82) is 0 Å². The Bertz CT molecular complexity index is 524. The zero-order valence-corrected chi connectivity index (χ0v) is 13.3. The lowest BCUT2D eigenvalue weighted by atomic mass is 10.1. The molecule has 0 atom stereocenters. The molecule has 4 nitrogen and oxygen atoms in total. The van der Waals surface area contributed by atoms with Crippen LogP contribution in [0.5, 0.6) is 0 Å². The second-order valence-corrected chi connectivity index (χ2v) is 6.06. The van der Waals surface area contributed by atoms with Gasteiger partial charge in [-0.25, -0.2) is 0 Å². The zero-order chi connectivity index (χ0) is 15.2. The molecular formula is C15H22N2O2S. The van der Waals surface area contributed by atoms with E-state index in [2.05, 4.69) is 17.2 Å². The third-order valence-corrected chi connectivity index (χ3v) is 3.81. The molecule has 0 saturated heterocycles. The molecule has 0 aliphatic heterocycles. The number of hydrogen-bond donors (Lipinski definition) is 2. The van der Waals surface area contributed by atoms with Crippen LogP contribution in [0.2, 0.25) is 0 Å². The number of nitrogens with two attached hydrogens (primary N) is 1. The highest BCUT2D eigenvalue weighted by Crippen LogP contribution is 2.21. The molecule has 1 aromatic heterocycles. The predicted octanol–water partition coefficient (Wildman–Crippen LogP) is 1.91. The maximum absolute atomic E-state index is 12.1. The smallest absolute Gasteiger partial charge is 0.261 e. The SMILES string of the molecule is CCOC(C)(C)CNC(=O)c1cc(C)c(C#CCN)s1. The van der Waals surface area contributed by atoms with Crippen LogP contribution in [-0.2, 0) is 4.74 Å². The van der Waals surface area contributed by atoms with Gasteiger partial charge in [-0.2, -0.15) is 0 Å². The Morgan fingerprint density at radius 2 is 2.25 bits per heavy atom. The molecule has 1 amide bonds. The summed E-state index contributed by atoms with van der Waals surface area (Å²) >= 11 is 1.39. The Morgan fingerprint density at radius 1 is 1.55 bits per heavy atom. The Morgan fingerprint density at radius 3 is 2.85 bits per heavy atom. The molecule has 0 aliphatic rings. The molecule has 5 heteroatoms. The van der Waals surface area contributed by atoms with Gasteiger partial charge in [-0.15, -0.1) is 11.3 Å². The lowest BCUT2D eigenvalue weighted by Crippen LogP contribution is -2.40.